The second-order valence-corrected chi connectivity index (χ2v) is 8.86. The van der Waals surface area contributed by atoms with E-state index in [0.717, 1.165) is 28.5 Å². The molecular formula is C25H26FN9. The van der Waals surface area contributed by atoms with Crippen LogP contribution in [0.15, 0.2) is 55.0 Å². The van der Waals surface area contributed by atoms with E-state index >= 15 is 0 Å². The van der Waals surface area contributed by atoms with Gasteiger partial charge in [-0.05, 0) is 36.2 Å². The Labute approximate surface area is 202 Å². The maximum absolute atomic E-state index is 14.8. The molecule has 10 heteroatoms. The van der Waals surface area contributed by atoms with Gasteiger partial charge in [0.25, 0.3) is 0 Å². The molecule has 0 aliphatic heterocycles. The molecule has 35 heavy (non-hydrogen) atoms. The van der Waals surface area contributed by atoms with E-state index in [1.165, 1.54) is 0 Å². The standard InChI is InChI=1S/C25H26FN9/c1-15(2)24-18-12-16(6-7-20(18)32-34(24)5)23-19(26)13-27-25(29-23)28-21-8-9-22(31-30-21)35-11-10-17(14-35)33(3)4/h6-15H,1-5H3,(H,27,28,29,30). The fourth-order valence-electron chi connectivity index (χ4n) is 4.12. The number of hydrogen-bond donors (Lipinski definition) is 1. The highest BCUT2D eigenvalue weighted by molar-refractivity contribution is 5.86. The van der Waals surface area contributed by atoms with E-state index in [0.29, 0.717) is 17.2 Å². The molecule has 0 saturated carbocycles. The monoisotopic (exact) mass is 471 g/mol. The molecule has 0 fully saturated rings. The minimum atomic E-state index is -0.504. The van der Waals surface area contributed by atoms with Gasteiger partial charge in [-0.3, -0.25) is 4.68 Å². The maximum atomic E-state index is 14.8. The summed E-state index contributed by atoms with van der Waals surface area (Å²) in [6, 6.07) is 11.2. The average Bonchev–Trinajstić information content (AvgIpc) is 3.45. The third kappa shape index (κ3) is 4.30. The van der Waals surface area contributed by atoms with Crippen molar-refractivity contribution in [2.24, 2.45) is 7.05 Å². The van der Waals surface area contributed by atoms with Crippen LogP contribution in [-0.4, -0.2) is 48.6 Å². The first-order chi connectivity index (χ1) is 16.8. The van der Waals surface area contributed by atoms with Gasteiger partial charge < -0.3 is 14.8 Å². The maximum Gasteiger partial charge on any atom is 0.229 e. The van der Waals surface area contributed by atoms with E-state index in [1.54, 1.807) is 6.07 Å². The zero-order chi connectivity index (χ0) is 24.7. The van der Waals surface area contributed by atoms with Crippen LogP contribution in [0.3, 0.4) is 0 Å². The first-order valence-electron chi connectivity index (χ1n) is 11.3. The van der Waals surface area contributed by atoms with Crippen molar-refractivity contribution in [2.45, 2.75) is 19.8 Å². The number of anilines is 3. The molecule has 4 aromatic heterocycles. The number of halogens is 1. The Morgan fingerprint density at radius 2 is 1.89 bits per heavy atom. The lowest BCUT2D eigenvalue weighted by molar-refractivity contribution is 0.619. The van der Waals surface area contributed by atoms with Crippen LogP contribution >= 0.6 is 0 Å². The van der Waals surface area contributed by atoms with Gasteiger partial charge in [-0.15, -0.1) is 10.2 Å². The number of rotatable bonds is 6. The Morgan fingerprint density at radius 3 is 2.57 bits per heavy atom. The fourth-order valence-corrected chi connectivity index (χ4v) is 4.12. The quantitative estimate of drug-likeness (QED) is 0.384. The highest BCUT2D eigenvalue weighted by atomic mass is 19.1. The van der Waals surface area contributed by atoms with Crippen molar-refractivity contribution in [1.82, 2.24) is 34.5 Å². The number of nitrogens with one attached hydrogen (secondary N) is 1. The van der Waals surface area contributed by atoms with Crippen molar-refractivity contribution < 1.29 is 4.39 Å². The van der Waals surface area contributed by atoms with Crippen LogP contribution in [0.1, 0.15) is 25.5 Å². The smallest absolute Gasteiger partial charge is 0.229 e. The molecule has 5 aromatic rings. The van der Waals surface area contributed by atoms with Crippen molar-refractivity contribution in [3.63, 3.8) is 0 Å². The zero-order valence-corrected chi connectivity index (χ0v) is 20.2. The molecule has 0 aliphatic carbocycles. The highest BCUT2D eigenvalue weighted by Gasteiger charge is 2.16. The number of benzene rings is 1. The first-order valence-corrected chi connectivity index (χ1v) is 11.3. The van der Waals surface area contributed by atoms with Gasteiger partial charge in [-0.1, -0.05) is 19.9 Å². The van der Waals surface area contributed by atoms with Gasteiger partial charge in [-0.25, -0.2) is 14.4 Å². The summed E-state index contributed by atoms with van der Waals surface area (Å²) < 4.78 is 18.5. The topological polar surface area (TPSA) is 89.6 Å². The van der Waals surface area contributed by atoms with Crippen molar-refractivity contribution >= 4 is 28.4 Å². The number of aromatic nitrogens is 7. The molecule has 178 valence electrons. The number of fused-ring (bicyclic) bond motifs is 1. The predicted octanol–water partition coefficient (Wildman–Crippen LogP) is 4.68. The molecule has 5 rings (SSSR count). The molecule has 0 bridgehead atoms. The van der Waals surface area contributed by atoms with Crippen molar-refractivity contribution in [2.75, 3.05) is 24.3 Å². The van der Waals surface area contributed by atoms with Gasteiger partial charge in [0, 0.05) is 50.2 Å². The summed E-state index contributed by atoms with van der Waals surface area (Å²) in [5.41, 5.74) is 3.87. The molecule has 4 heterocycles. The van der Waals surface area contributed by atoms with Crippen molar-refractivity contribution in [1.29, 1.82) is 0 Å². The van der Waals surface area contributed by atoms with E-state index in [1.807, 2.05) is 78.0 Å². The zero-order valence-electron chi connectivity index (χ0n) is 20.2. The Hall–Kier alpha value is -4.34. The van der Waals surface area contributed by atoms with Gasteiger partial charge in [0.15, 0.2) is 17.5 Å². The van der Waals surface area contributed by atoms with Crippen LogP contribution in [0.25, 0.3) is 28.0 Å². The predicted molar refractivity (Wildman–Crippen MR) is 135 cm³/mol. The summed E-state index contributed by atoms with van der Waals surface area (Å²) in [7, 11) is 5.88. The van der Waals surface area contributed by atoms with E-state index in [9.17, 15) is 4.39 Å². The third-order valence-electron chi connectivity index (χ3n) is 5.79. The molecule has 0 unspecified atom stereocenters. The average molecular weight is 472 g/mol. The molecule has 1 aromatic carbocycles. The van der Waals surface area contributed by atoms with Crippen molar-refractivity contribution in [3.8, 4) is 17.1 Å². The second-order valence-electron chi connectivity index (χ2n) is 8.86. The summed E-state index contributed by atoms with van der Waals surface area (Å²) in [5.74, 6) is 1.13. The lowest BCUT2D eigenvalue weighted by atomic mass is 10.0. The molecular weight excluding hydrogens is 445 g/mol. The Kier molecular flexibility index (Phi) is 5.64. The van der Waals surface area contributed by atoms with Gasteiger partial charge in [0.1, 0.15) is 5.69 Å². The molecule has 0 spiro atoms. The number of nitrogens with zero attached hydrogens (tertiary/aromatic N) is 8. The lowest BCUT2D eigenvalue weighted by Crippen LogP contribution is -2.07. The molecule has 0 saturated heterocycles. The minimum Gasteiger partial charge on any atom is -0.376 e. The Bertz CT molecular complexity index is 1500. The van der Waals surface area contributed by atoms with Gasteiger partial charge >= 0.3 is 0 Å². The number of hydrogen-bond acceptors (Lipinski definition) is 7. The minimum absolute atomic E-state index is 0.205. The molecule has 0 atom stereocenters. The van der Waals surface area contributed by atoms with Gasteiger partial charge in [0.05, 0.1) is 17.4 Å². The Morgan fingerprint density at radius 1 is 1.06 bits per heavy atom. The van der Waals surface area contributed by atoms with Crippen LogP contribution in [-0.2, 0) is 7.05 Å². The van der Waals surface area contributed by atoms with E-state index in [-0.39, 0.29) is 17.6 Å². The summed E-state index contributed by atoms with van der Waals surface area (Å²) >= 11 is 0. The van der Waals surface area contributed by atoms with E-state index in [4.69, 9.17) is 0 Å². The molecule has 0 amide bonds. The highest BCUT2D eigenvalue weighted by Crippen LogP contribution is 2.30. The largest absolute Gasteiger partial charge is 0.376 e. The summed E-state index contributed by atoms with van der Waals surface area (Å²) in [4.78, 5) is 10.5. The van der Waals surface area contributed by atoms with E-state index in [2.05, 4.69) is 44.4 Å². The van der Waals surface area contributed by atoms with Crippen LogP contribution < -0.4 is 10.2 Å². The van der Waals surface area contributed by atoms with Gasteiger partial charge in [-0.2, -0.15) is 5.10 Å². The fraction of sp³-hybridized carbons (Fsp3) is 0.240. The van der Waals surface area contributed by atoms with Crippen molar-refractivity contribution in [3.05, 3.63) is 66.5 Å². The summed E-state index contributed by atoms with van der Waals surface area (Å²) in [6.45, 7) is 4.22. The molecule has 1 N–H and O–H groups in total. The molecule has 9 nitrogen and oxygen atoms in total. The van der Waals surface area contributed by atoms with Gasteiger partial charge in [0.2, 0.25) is 5.95 Å². The summed E-state index contributed by atoms with van der Waals surface area (Å²) in [6.07, 6.45) is 5.05. The summed E-state index contributed by atoms with van der Waals surface area (Å²) in [5, 5.41) is 17.1. The second kappa shape index (κ2) is 8.79. The molecule has 0 aliphatic rings. The van der Waals surface area contributed by atoms with Crippen LogP contribution in [0.2, 0.25) is 0 Å². The van der Waals surface area contributed by atoms with Crippen LogP contribution in [0.4, 0.5) is 21.8 Å². The Balaban J connectivity index is 1.42. The SMILES string of the molecule is CC(C)c1c2cc(-c3nc(Nc4ccc(-n5ccc(N(C)C)c5)nn4)ncc3F)ccc2nn1C. The lowest BCUT2D eigenvalue weighted by Gasteiger charge is -2.09. The normalized spacial score (nSPS) is 11.4. The van der Waals surface area contributed by atoms with Crippen LogP contribution in [0, 0.1) is 5.82 Å². The number of aryl methyl sites for hydroxylation is 1. The first kappa shape index (κ1) is 22.5. The van der Waals surface area contributed by atoms with Crippen LogP contribution in [0.5, 0.6) is 0 Å². The van der Waals surface area contributed by atoms with E-state index < -0.39 is 5.82 Å². The third-order valence-corrected chi connectivity index (χ3v) is 5.79. The molecule has 0 radical (unpaired) electrons.